The highest BCUT2D eigenvalue weighted by Crippen LogP contribution is 2.17. The third-order valence-electron chi connectivity index (χ3n) is 3.21. The van der Waals surface area contributed by atoms with Gasteiger partial charge in [-0.25, -0.2) is 4.99 Å². The molecule has 0 bridgehead atoms. The normalized spacial score (nSPS) is 21.8. The van der Waals surface area contributed by atoms with Gasteiger partial charge in [-0.15, -0.1) is 0 Å². The van der Waals surface area contributed by atoms with Gasteiger partial charge < -0.3 is 10.1 Å². The molecule has 0 spiro atoms. The van der Waals surface area contributed by atoms with Crippen molar-refractivity contribution in [1.82, 2.24) is 5.32 Å². The van der Waals surface area contributed by atoms with Crippen molar-refractivity contribution in [3.8, 4) is 0 Å². The lowest BCUT2D eigenvalue weighted by Gasteiger charge is -2.28. The van der Waals surface area contributed by atoms with Gasteiger partial charge in [0, 0.05) is 5.71 Å². The van der Waals surface area contributed by atoms with Crippen LogP contribution in [0.2, 0.25) is 0 Å². The number of ether oxygens (including phenoxy) is 1. The lowest BCUT2D eigenvalue weighted by molar-refractivity contribution is -0.145. The van der Waals surface area contributed by atoms with Crippen molar-refractivity contribution in [2.24, 2.45) is 10.9 Å². The fourth-order valence-corrected chi connectivity index (χ4v) is 2.52. The van der Waals surface area contributed by atoms with E-state index >= 15 is 0 Å². The van der Waals surface area contributed by atoms with Crippen LogP contribution in [0.15, 0.2) is 41.4 Å². The number of carbonyl (C=O) groups is 1. The summed E-state index contributed by atoms with van der Waals surface area (Å²) in [7, 11) is 0. The van der Waals surface area contributed by atoms with Crippen LogP contribution in [0.25, 0.3) is 6.08 Å². The summed E-state index contributed by atoms with van der Waals surface area (Å²) in [4.78, 5) is 16.3. The molecule has 1 aliphatic heterocycles. The predicted octanol–water partition coefficient (Wildman–Crippen LogP) is 2.60. The van der Waals surface area contributed by atoms with Crippen LogP contribution in [0.4, 0.5) is 0 Å². The Labute approximate surface area is 129 Å². The van der Waals surface area contributed by atoms with Gasteiger partial charge in [0.15, 0.2) is 5.11 Å². The highest BCUT2D eigenvalue weighted by Gasteiger charge is 2.34. The molecular weight excluding hydrogens is 284 g/mol. The second kappa shape index (κ2) is 7.13. The quantitative estimate of drug-likeness (QED) is 0.686. The van der Waals surface area contributed by atoms with E-state index in [9.17, 15) is 4.79 Å². The number of hydrogen-bond donors (Lipinski definition) is 1. The van der Waals surface area contributed by atoms with Crippen molar-refractivity contribution in [2.75, 3.05) is 6.61 Å². The topological polar surface area (TPSA) is 50.7 Å². The zero-order chi connectivity index (χ0) is 15.2. The smallest absolute Gasteiger partial charge is 0.317 e. The lowest BCUT2D eigenvalue weighted by atomic mass is 9.93. The molecule has 1 heterocycles. The minimum atomic E-state index is -0.448. The fourth-order valence-electron chi connectivity index (χ4n) is 2.24. The predicted molar refractivity (Wildman–Crippen MR) is 88.2 cm³/mol. The van der Waals surface area contributed by atoms with Crippen LogP contribution in [0, 0.1) is 5.92 Å². The van der Waals surface area contributed by atoms with E-state index in [1.807, 2.05) is 42.5 Å². The molecule has 0 amide bonds. The van der Waals surface area contributed by atoms with Crippen LogP contribution >= 0.6 is 12.2 Å². The fraction of sp³-hybridized carbons (Fsp3) is 0.312. The van der Waals surface area contributed by atoms with Gasteiger partial charge in [0.1, 0.15) is 5.92 Å². The number of rotatable bonds is 4. The summed E-state index contributed by atoms with van der Waals surface area (Å²) < 4.78 is 5.13. The highest BCUT2D eigenvalue weighted by molar-refractivity contribution is 7.80. The number of nitrogens with zero attached hydrogens (tertiary/aromatic N) is 1. The Morgan fingerprint density at radius 2 is 2.14 bits per heavy atom. The van der Waals surface area contributed by atoms with Gasteiger partial charge in [0.25, 0.3) is 0 Å². The van der Waals surface area contributed by atoms with Crippen molar-refractivity contribution < 1.29 is 9.53 Å². The monoisotopic (exact) mass is 302 g/mol. The number of benzene rings is 1. The molecule has 0 aliphatic carbocycles. The first kappa shape index (κ1) is 15.4. The van der Waals surface area contributed by atoms with Gasteiger partial charge in [-0.05, 0) is 31.6 Å². The third-order valence-corrected chi connectivity index (χ3v) is 3.42. The molecule has 0 saturated carbocycles. The first-order chi connectivity index (χ1) is 10.1. The van der Waals surface area contributed by atoms with E-state index in [2.05, 4.69) is 10.3 Å². The molecule has 5 heteroatoms. The SMILES string of the molecule is CCOC(=O)[C@H]1C(C)=NC(=S)N[C@H]1/C=C/c1ccccc1. The average Bonchev–Trinajstić information content (AvgIpc) is 2.45. The van der Waals surface area contributed by atoms with E-state index in [0.717, 1.165) is 5.56 Å². The maximum atomic E-state index is 12.1. The summed E-state index contributed by atoms with van der Waals surface area (Å²) in [5.74, 6) is -0.729. The van der Waals surface area contributed by atoms with Crippen molar-refractivity contribution in [3.63, 3.8) is 0 Å². The molecule has 0 radical (unpaired) electrons. The third kappa shape index (κ3) is 3.98. The van der Waals surface area contributed by atoms with E-state index in [4.69, 9.17) is 17.0 Å². The van der Waals surface area contributed by atoms with Crippen LogP contribution < -0.4 is 5.32 Å². The van der Waals surface area contributed by atoms with E-state index in [1.165, 1.54) is 0 Å². The van der Waals surface area contributed by atoms with E-state index in [0.29, 0.717) is 17.4 Å². The van der Waals surface area contributed by atoms with Gasteiger partial charge in [-0.1, -0.05) is 42.5 Å². The number of carbonyl (C=O) groups excluding carboxylic acids is 1. The first-order valence-corrected chi connectivity index (χ1v) is 7.28. The van der Waals surface area contributed by atoms with Gasteiger partial charge in [0.2, 0.25) is 0 Å². The van der Waals surface area contributed by atoms with Crippen molar-refractivity contribution in [1.29, 1.82) is 0 Å². The zero-order valence-electron chi connectivity index (χ0n) is 12.1. The largest absolute Gasteiger partial charge is 0.465 e. The lowest BCUT2D eigenvalue weighted by Crippen LogP contribution is -2.48. The van der Waals surface area contributed by atoms with E-state index < -0.39 is 5.92 Å². The van der Waals surface area contributed by atoms with Crippen molar-refractivity contribution >= 4 is 35.1 Å². The number of aliphatic imine (C=N–C) groups is 1. The average molecular weight is 302 g/mol. The molecule has 0 aromatic heterocycles. The molecule has 2 rings (SSSR count). The van der Waals surface area contributed by atoms with Crippen LogP contribution in [-0.4, -0.2) is 29.4 Å². The summed E-state index contributed by atoms with van der Waals surface area (Å²) >= 11 is 5.11. The molecule has 1 aromatic rings. The Kier molecular flexibility index (Phi) is 5.22. The molecule has 1 aromatic carbocycles. The van der Waals surface area contributed by atoms with Crippen LogP contribution in [0.5, 0.6) is 0 Å². The Hall–Kier alpha value is -2.01. The maximum Gasteiger partial charge on any atom is 0.317 e. The van der Waals surface area contributed by atoms with Gasteiger partial charge in [0.05, 0.1) is 12.6 Å². The van der Waals surface area contributed by atoms with Crippen LogP contribution in [0.1, 0.15) is 19.4 Å². The standard InChI is InChI=1S/C16H18N2O2S/c1-3-20-15(19)14-11(2)17-16(21)18-13(14)10-9-12-7-5-4-6-8-12/h4-10,13-14H,3H2,1-2H3,(H,18,21)/b10-9+/t13-,14-/m0/s1. The number of nitrogens with one attached hydrogen (secondary N) is 1. The molecule has 1 N–H and O–H groups in total. The number of hydrogen-bond acceptors (Lipinski definition) is 3. The maximum absolute atomic E-state index is 12.1. The Morgan fingerprint density at radius 3 is 2.81 bits per heavy atom. The molecule has 1 aliphatic rings. The molecule has 0 saturated heterocycles. The first-order valence-electron chi connectivity index (χ1n) is 6.87. The zero-order valence-corrected chi connectivity index (χ0v) is 12.9. The van der Waals surface area contributed by atoms with E-state index in [-0.39, 0.29) is 12.0 Å². The number of thiocarbonyl (C=S) groups is 1. The molecule has 110 valence electrons. The molecule has 4 nitrogen and oxygen atoms in total. The summed E-state index contributed by atoms with van der Waals surface area (Å²) in [6.07, 6.45) is 3.90. The second-order valence-corrected chi connectivity index (χ2v) is 5.11. The molecule has 0 fully saturated rings. The van der Waals surface area contributed by atoms with Crippen LogP contribution in [0.3, 0.4) is 0 Å². The molecule has 0 unspecified atom stereocenters. The molecular formula is C16H18N2O2S. The van der Waals surface area contributed by atoms with Crippen molar-refractivity contribution in [3.05, 3.63) is 42.0 Å². The minimum absolute atomic E-state index is 0.241. The molecule has 2 atom stereocenters. The van der Waals surface area contributed by atoms with E-state index in [1.54, 1.807) is 13.8 Å². The summed E-state index contributed by atoms with van der Waals surface area (Å²) in [5, 5.41) is 3.46. The summed E-state index contributed by atoms with van der Waals surface area (Å²) in [5.41, 5.74) is 1.74. The van der Waals surface area contributed by atoms with Gasteiger partial charge >= 0.3 is 5.97 Å². The second-order valence-electron chi connectivity index (χ2n) is 4.73. The number of esters is 1. The molecule has 21 heavy (non-hydrogen) atoms. The summed E-state index contributed by atoms with van der Waals surface area (Å²) in [6.45, 7) is 3.94. The van der Waals surface area contributed by atoms with Gasteiger partial charge in [-0.3, -0.25) is 4.79 Å². The van der Waals surface area contributed by atoms with Crippen molar-refractivity contribution in [2.45, 2.75) is 19.9 Å². The van der Waals surface area contributed by atoms with Crippen LogP contribution in [-0.2, 0) is 9.53 Å². The Bertz CT molecular complexity index is 581. The highest BCUT2D eigenvalue weighted by atomic mass is 32.1. The Balaban J connectivity index is 2.22. The Morgan fingerprint density at radius 1 is 1.43 bits per heavy atom. The minimum Gasteiger partial charge on any atom is -0.465 e. The van der Waals surface area contributed by atoms with Gasteiger partial charge in [-0.2, -0.15) is 0 Å². The summed E-state index contributed by atoms with van der Waals surface area (Å²) in [6, 6.07) is 9.65.